The zero-order valence-corrected chi connectivity index (χ0v) is 11.2. The molecule has 0 aliphatic carbocycles. The Labute approximate surface area is 112 Å². The fourth-order valence-corrected chi connectivity index (χ4v) is 1.74. The highest BCUT2D eigenvalue weighted by atomic mass is 15.3. The van der Waals surface area contributed by atoms with Crippen LogP contribution in [-0.4, -0.2) is 19.7 Å². The molecule has 0 radical (unpaired) electrons. The minimum atomic E-state index is 0.613. The lowest BCUT2D eigenvalue weighted by Crippen LogP contribution is -2.12. The van der Waals surface area contributed by atoms with Crippen molar-refractivity contribution in [2.75, 3.05) is 10.7 Å². The number of rotatable bonds is 6. The zero-order valence-electron chi connectivity index (χ0n) is 11.2. The Bertz CT molecular complexity index is 535. The van der Waals surface area contributed by atoms with Crippen LogP contribution in [0.4, 0.5) is 11.6 Å². The van der Waals surface area contributed by atoms with Crippen LogP contribution in [0, 0.1) is 0 Å². The Kier molecular flexibility index (Phi) is 4.30. The van der Waals surface area contributed by atoms with E-state index in [0.717, 1.165) is 30.2 Å². The number of anilines is 2. The molecule has 0 aromatic carbocycles. The molecule has 0 aliphatic rings. The number of aromatic nitrogens is 4. The van der Waals surface area contributed by atoms with Crippen LogP contribution in [0.5, 0.6) is 0 Å². The smallest absolute Gasteiger partial charge is 0.145 e. The molecule has 0 unspecified atom stereocenters. The highest BCUT2D eigenvalue weighted by Gasteiger charge is 2.04. The van der Waals surface area contributed by atoms with E-state index in [9.17, 15) is 0 Å². The Hall–Kier alpha value is -2.15. The number of nitrogens with zero attached hydrogens (tertiary/aromatic N) is 4. The monoisotopic (exact) mass is 261 g/mol. The van der Waals surface area contributed by atoms with Crippen molar-refractivity contribution >= 4 is 11.6 Å². The SMILES string of the molecule is CCCc1nc(NN)cc(NCc2ccn(C)n2)n1. The maximum absolute atomic E-state index is 5.41. The van der Waals surface area contributed by atoms with Gasteiger partial charge in [0.2, 0.25) is 0 Å². The van der Waals surface area contributed by atoms with Crippen molar-refractivity contribution in [1.29, 1.82) is 0 Å². The minimum absolute atomic E-state index is 0.613. The quantitative estimate of drug-likeness (QED) is 0.532. The van der Waals surface area contributed by atoms with E-state index in [4.69, 9.17) is 5.84 Å². The van der Waals surface area contributed by atoms with Crippen molar-refractivity contribution in [1.82, 2.24) is 19.7 Å². The Balaban J connectivity index is 2.08. The van der Waals surface area contributed by atoms with E-state index < -0.39 is 0 Å². The summed E-state index contributed by atoms with van der Waals surface area (Å²) in [4.78, 5) is 8.73. The zero-order chi connectivity index (χ0) is 13.7. The van der Waals surface area contributed by atoms with Gasteiger partial charge in [-0.3, -0.25) is 4.68 Å². The van der Waals surface area contributed by atoms with Crippen molar-refractivity contribution < 1.29 is 0 Å². The first-order valence-corrected chi connectivity index (χ1v) is 6.28. The van der Waals surface area contributed by atoms with E-state index in [-0.39, 0.29) is 0 Å². The molecule has 0 saturated carbocycles. The number of nitrogen functional groups attached to an aromatic ring is 1. The molecular formula is C12H19N7. The lowest BCUT2D eigenvalue weighted by Gasteiger charge is -2.08. The third-order valence-corrected chi connectivity index (χ3v) is 2.61. The number of hydrogen-bond acceptors (Lipinski definition) is 6. The van der Waals surface area contributed by atoms with Crippen molar-refractivity contribution in [2.24, 2.45) is 12.9 Å². The molecule has 0 spiro atoms. The largest absolute Gasteiger partial charge is 0.364 e. The van der Waals surface area contributed by atoms with Gasteiger partial charge in [-0.05, 0) is 12.5 Å². The maximum Gasteiger partial charge on any atom is 0.145 e. The van der Waals surface area contributed by atoms with Gasteiger partial charge in [0.15, 0.2) is 0 Å². The minimum Gasteiger partial charge on any atom is -0.364 e. The molecular weight excluding hydrogens is 242 g/mol. The van der Waals surface area contributed by atoms with Crippen LogP contribution >= 0.6 is 0 Å². The summed E-state index contributed by atoms with van der Waals surface area (Å²) in [6, 6.07) is 3.74. The first-order valence-electron chi connectivity index (χ1n) is 6.28. The van der Waals surface area contributed by atoms with Crippen LogP contribution in [0.15, 0.2) is 18.3 Å². The highest BCUT2D eigenvalue weighted by Crippen LogP contribution is 2.12. The van der Waals surface area contributed by atoms with Crippen molar-refractivity contribution in [3.8, 4) is 0 Å². The van der Waals surface area contributed by atoms with Crippen LogP contribution in [0.3, 0.4) is 0 Å². The van der Waals surface area contributed by atoms with Crippen LogP contribution in [0.25, 0.3) is 0 Å². The molecule has 0 atom stereocenters. The Morgan fingerprint density at radius 3 is 2.74 bits per heavy atom. The van der Waals surface area contributed by atoms with Gasteiger partial charge in [-0.25, -0.2) is 15.8 Å². The van der Waals surface area contributed by atoms with E-state index >= 15 is 0 Å². The lowest BCUT2D eigenvalue weighted by atomic mass is 10.3. The molecule has 0 fully saturated rings. The molecule has 2 rings (SSSR count). The van der Waals surface area contributed by atoms with Gasteiger partial charge in [0, 0.05) is 25.7 Å². The van der Waals surface area contributed by atoms with Crippen molar-refractivity contribution in [3.63, 3.8) is 0 Å². The number of aryl methyl sites for hydroxylation is 2. The number of nitrogens with two attached hydrogens (primary N) is 1. The predicted octanol–water partition coefficient (Wildman–Crippen LogP) is 1.06. The second-order valence-corrected chi connectivity index (χ2v) is 4.28. The molecule has 4 N–H and O–H groups in total. The van der Waals surface area contributed by atoms with Gasteiger partial charge < -0.3 is 10.7 Å². The van der Waals surface area contributed by atoms with E-state index in [2.05, 4.69) is 32.7 Å². The summed E-state index contributed by atoms with van der Waals surface area (Å²) < 4.78 is 1.77. The lowest BCUT2D eigenvalue weighted by molar-refractivity contribution is 0.746. The molecule has 7 nitrogen and oxygen atoms in total. The fourth-order valence-electron chi connectivity index (χ4n) is 1.74. The maximum atomic E-state index is 5.41. The molecule has 2 aromatic rings. The standard InChI is InChI=1S/C12H19N7/c1-3-4-10-15-11(7-12(16-10)17-13)14-8-9-5-6-19(2)18-9/h5-7H,3-4,8,13H2,1-2H3,(H2,14,15,16,17). The van der Waals surface area contributed by atoms with E-state index in [1.54, 1.807) is 10.7 Å². The Morgan fingerprint density at radius 2 is 2.11 bits per heavy atom. The molecule has 7 heteroatoms. The normalized spacial score (nSPS) is 10.5. The third kappa shape index (κ3) is 3.65. The average molecular weight is 261 g/mol. The molecule has 102 valence electrons. The summed E-state index contributed by atoms with van der Waals surface area (Å²) in [5.74, 6) is 7.55. The van der Waals surface area contributed by atoms with Gasteiger partial charge in [0.05, 0.1) is 12.2 Å². The van der Waals surface area contributed by atoms with Crippen LogP contribution in [0.1, 0.15) is 24.9 Å². The van der Waals surface area contributed by atoms with Gasteiger partial charge in [-0.2, -0.15) is 5.10 Å². The van der Waals surface area contributed by atoms with E-state index in [1.807, 2.05) is 19.3 Å². The molecule has 0 amide bonds. The van der Waals surface area contributed by atoms with Gasteiger partial charge in [0.25, 0.3) is 0 Å². The van der Waals surface area contributed by atoms with Gasteiger partial charge in [-0.1, -0.05) is 6.92 Å². The number of nitrogens with one attached hydrogen (secondary N) is 2. The van der Waals surface area contributed by atoms with Crippen LogP contribution < -0.4 is 16.6 Å². The highest BCUT2D eigenvalue weighted by molar-refractivity contribution is 5.47. The molecule has 0 saturated heterocycles. The van der Waals surface area contributed by atoms with Gasteiger partial charge in [-0.15, -0.1) is 0 Å². The summed E-state index contributed by atoms with van der Waals surface area (Å²) >= 11 is 0. The van der Waals surface area contributed by atoms with Crippen molar-refractivity contribution in [2.45, 2.75) is 26.3 Å². The number of hydrazine groups is 1. The summed E-state index contributed by atoms with van der Waals surface area (Å²) in [7, 11) is 1.89. The Morgan fingerprint density at radius 1 is 1.32 bits per heavy atom. The molecule has 2 aromatic heterocycles. The summed E-state index contributed by atoms with van der Waals surface area (Å²) in [6.45, 7) is 2.71. The first-order chi connectivity index (χ1) is 9.21. The van der Waals surface area contributed by atoms with E-state index in [0.29, 0.717) is 12.4 Å². The molecule has 0 bridgehead atoms. The molecule has 0 aliphatic heterocycles. The summed E-state index contributed by atoms with van der Waals surface area (Å²) in [5.41, 5.74) is 3.52. The molecule has 2 heterocycles. The van der Waals surface area contributed by atoms with Crippen molar-refractivity contribution in [3.05, 3.63) is 29.8 Å². The number of hydrogen-bond donors (Lipinski definition) is 3. The van der Waals surface area contributed by atoms with Gasteiger partial charge in [0.1, 0.15) is 17.5 Å². The fraction of sp³-hybridized carbons (Fsp3) is 0.417. The summed E-state index contributed by atoms with van der Waals surface area (Å²) in [5, 5.41) is 7.52. The second kappa shape index (κ2) is 6.14. The second-order valence-electron chi connectivity index (χ2n) is 4.28. The third-order valence-electron chi connectivity index (χ3n) is 2.61. The summed E-state index contributed by atoms with van der Waals surface area (Å²) in [6.07, 6.45) is 3.73. The average Bonchev–Trinajstić information content (AvgIpc) is 2.82. The van der Waals surface area contributed by atoms with Gasteiger partial charge >= 0.3 is 0 Å². The topological polar surface area (TPSA) is 93.7 Å². The molecule has 19 heavy (non-hydrogen) atoms. The van der Waals surface area contributed by atoms with Crippen LogP contribution in [0.2, 0.25) is 0 Å². The predicted molar refractivity (Wildman–Crippen MR) is 74.4 cm³/mol. The first kappa shape index (κ1) is 13.3. The van der Waals surface area contributed by atoms with Crippen LogP contribution in [-0.2, 0) is 20.0 Å². The van der Waals surface area contributed by atoms with E-state index in [1.165, 1.54) is 0 Å².